The standard InChI is InChI=1S/C22H31N3O3/c1-16-7-8-21(28-16)17(2)25-22(23-3)24-14-18-5-4-6-19(13-18)15-27-20-9-11-26-12-10-20/h4-8,13,17,20H,9-12,14-15H2,1-3H3,(H2,23,24,25). The number of hydrogen-bond acceptors (Lipinski definition) is 4. The first-order chi connectivity index (χ1) is 13.6. The van der Waals surface area contributed by atoms with Gasteiger partial charge in [-0.15, -0.1) is 0 Å². The summed E-state index contributed by atoms with van der Waals surface area (Å²) in [4.78, 5) is 4.31. The van der Waals surface area contributed by atoms with Crippen molar-refractivity contribution in [3.63, 3.8) is 0 Å². The van der Waals surface area contributed by atoms with E-state index in [1.165, 1.54) is 11.1 Å². The summed E-state index contributed by atoms with van der Waals surface area (Å²) in [6.07, 6.45) is 2.28. The van der Waals surface area contributed by atoms with Crippen LogP contribution in [0.2, 0.25) is 0 Å². The van der Waals surface area contributed by atoms with Gasteiger partial charge in [0.25, 0.3) is 0 Å². The van der Waals surface area contributed by atoms with Crippen LogP contribution in [0.4, 0.5) is 0 Å². The van der Waals surface area contributed by atoms with Crippen LogP contribution in [0.25, 0.3) is 0 Å². The number of aryl methyl sites for hydroxylation is 1. The first-order valence-corrected chi connectivity index (χ1v) is 9.94. The maximum Gasteiger partial charge on any atom is 0.191 e. The molecule has 2 N–H and O–H groups in total. The third kappa shape index (κ3) is 6.11. The molecule has 0 amide bonds. The van der Waals surface area contributed by atoms with E-state index in [1.807, 2.05) is 19.1 Å². The molecule has 0 spiro atoms. The maximum atomic E-state index is 6.03. The van der Waals surface area contributed by atoms with Crippen molar-refractivity contribution in [3.8, 4) is 0 Å². The zero-order valence-electron chi connectivity index (χ0n) is 17.0. The Labute approximate surface area is 167 Å². The zero-order valence-corrected chi connectivity index (χ0v) is 17.0. The van der Waals surface area contributed by atoms with Crippen molar-refractivity contribution >= 4 is 5.96 Å². The predicted octanol–water partition coefficient (Wildman–Crippen LogP) is 3.71. The van der Waals surface area contributed by atoms with E-state index in [9.17, 15) is 0 Å². The van der Waals surface area contributed by atoms with Crippen LogP contribution in [0.3, 0.4) is 0 Å². The Morgan fingerprint density at radius 1 is 1.21 bits per heavy atom. The Bertz CT molecular complexity index is 766. The first kappa shape index (κ1) is 20.4. The fourth-order valence-corrected chi connectivity index (χ4v) is 3.23. The van der Waals surface area contributed by atoms with Gasteiger partial charge < -0.3 is 24.5 Å². The van der Waals surface area contributed by atoms with E-state index in [2.05, 4.69) is 46.8 Å². The summed E-state index contributed by atoms with van der Waals surface area (Å²) in [6, 6.07) is 12.5. The molecule has 2 aromatic rings. The van der Waals surface area contributed by atoms with Crippen molar-refractivity contribution in [1.82, 2.24) is 10.6 Å². The highest BCUT2D eigenvalue weighted by Gasteiger charge is 2.14. The van der Waals surface area contributed by atoms with Crippen LogP contribution in [0.15, 0.2) is 45.8 Å². The van der Waals surface area contributed by atoms with Gasteiger partial charge in [0.05, 0.1) is 18.8 Å². The fraction of sp³-hybridized carbons (Fsp3) is 0.500. The van der Waals surface area contributed by atoms with Gasteiger partial charge in [-0.2, -0.15) is 0 Å². The zero-order chi connectivity index (χ0) is 19.8. The monoisotopic (exact) mass is 385 g/mol. The van der Waals surface area contributed by atoms with Gasteiger partial charge in [0.1, 0.15) is 11.5 Å². The Hall–Kier alpha value is -2.31. The molecule has 2 heterocycles. The molecule has 28 heavy (non-hydrogen) atoms. The van der Waals surface area contributed by atoms with Crippen molar-refractivity contribution in [2.75, 3.05) is 20.3 Å². The molecule has 0 bridgehead atoms. The van der Waals surface area contributed by atoms with Crippen LogP contribution < -0.4 is 10.6 Å². The second-order valence-electron chi connectivity index (χ2n) is 7.18. The average Bonchev–Trinajstić information content (AvgIpc) is 3.17. The molecule has 1 saturated heterocycles. The molecule has 1 aromatic carbocycles. The number of aliphatic imine (C=N–C) groups is 1. The van der Waals surface area contributed by atoms with Crippen LogP contribution >= 0.6 is 0 Å². The summed E-state index contributed by atoms with van der Waals surface area (Å²) in [5.41, 5.74) is 2.38. The Morgan fingerprint density at radius 3 is 2.71 bits per heavy atom. The normalized spacial score (nSPS) is 16.8. The van der Waals surface area contributed by atoms with Crippen LogP contribution in [0.1, 0.15) is 48.5 Å². The molecule has 0 aliphatic carbocycles. The SMILES string of the molecule is CN=C(NCc1cccc(COC2CCOCC2)c1)NC(C)c1ccc(C)o1. The molecule has 1 fully saturated rings. The lowest BCUT2D eigenvalue weighted by atomic mass is 10.1. The molecule has 6 nitrogen and oxygen atoms in total. The number of furan rings is 1. The Balaban J connectivity index is 1.48. The average molecular weight is 386 g/mol. The molecule has 1 aromatic heterocycles. The van der Waals surface area contributed by atoms with Gasteiger partial charge in [0.2, 0.25) is 0 Å². The fourth-order valence-electron chi connectivity index (χ4n) is 3.23. The van der Waals surface area contributed by atoms with E-state index < -0.39 is 0 Å². The molecule has 0 saturated carbocycles. The number of guanidine groups is 1. The number of ether oxygens (including phenoxy) is 2. The largest absolute Gasteiger partial charge is 0.464 e. The second kappa shape index (κ2) is 10.3. The molecule has 1 aliphatic heterocycles. The van der Waals surface area contributed by atoms with Crippen LogP contribution in [0, 0.1) is 6.92 Å². The van der Waals surface area contributed by atoms with Gasteiger partial charge in [0, 0.05) is 26.8 Å². The summed E-state index contributed by atoms with van der Waals surface area (Å²) in [7, 11) is 1.77. The minimum atomic E-state index is 0.0408. The highest BCUT2D eigenvalue weighted by Crippen LogP contribution is 2.16. The number of nitrogens with zero attached hydrogens (tertiary/aromatic N) is 1. The minimum absolute atomic E-state index is 0.0408. The van der Waals surface area contributed by atoms with E-state index in [0.29, 0.717) is 19.3 Å². The number of hydrogen-bond donors (Lipinski definition) is 2. The smallest absolute Gasteiger partial charge is 0.191 e. The summed E-state index contributed by atoms with van der Waals surface area (Å²) >= 11 is 0. The van der Waals surface area contributed by atoms with E-state index in [1.54, 1.807) is 7.05 Å². The molecular weight excluding hydrogens is 354 g/mol. The van der Waals surface area contributed by atoms with E-state index in [-0.39, 0.29) is 6.04 Å². The lowest BCUT2D eigenvalue weighted by Gasteiger charge is -2.22. The van der Waals surface area contributed by atoms with Crippen LogP contribution in [0.5, 0.6) is 0 Å². The van der Waals surface area contributed by atoms with Crippen LogP contribution in [-0.2, 0) is 22.6 Å². The van der Waals surface area contributed by atoms with Gasteiger partial charge >= 0.3 is 0 Å². The van der Waals surface area contributed by atoms with Crippen molar-refractivity contribution < 1.29 is 13.9 Å². The van der Waals surface area contributed by atoms with Crippen molar-refractivity contribution in [2.45, 2.75) is 52.0 Å². The van der Waals surface area contributed by atoms with E-state index >= 15 is 0 Å². The molecule has 0 radical (unpaired) electrons. The van der Waals surface area contributed by atoms with Crippen molar-refractivity contribution in [2.24, 2.45) is 4.99 Å². The number of rotatable bonds is 7. The summed E-state index contributed by atoms with van der Waals surface area (Å²) < 4.78 is 17.1. The van der Waals surface area contributed by atoms with Gasteiger partial charge in [0.15, 0.2) is 5.96 Å². The quantitative estimate of drug-likeness (QED) is 0.562. The Morgan fingerprint density at radius 2 is 2.00 bits per heavy atom. The highest BCUT2D eigenvalue weighted by molar-refractivity contribution is 5.80. The van der Waals surface area contributed by atoms with E-state index in [0.717, 1.165) is 43.5 Å². The molecule has 3 rings (SSSR count). The molecule has 1 atom stereocenters. The highest BCUT2D eigenvalue weighted by atomic mass is 16.5. The molecule has 6 heteroatoms. The third-order valence-electron chi connectivity index (χ3n) is 4.87. The maximum absolute atomic E-state index is 6.03. The first-order valence-electron chi connectivity index (χ1n) is 9.94. The summed E-state index contributed by atoms with van der Waals surface area (Å²) in [6.45, 7) is 6.93. The van der Waals surface area contributed by atoms with E-state index in [4.69, 9.17) is 13.9 Å². The number of benzene rings is 1. The topological polar surface area (TPSA) is 68.0 Å². The summed E-state index contributed by atoms with van der Waals surface area (Å²) in [5, 5.41) is 6.72. The van der Waals surface area contributed by atoms with Crippen LogP contribution in [-0.4, -0.2) is 32.3 Å². The van der Waals surface area contributed by atoms with Gasteiger partial charge in [-0.1, -0.05) is 24.3 Å². The second-order valence-corrected chi connectivity index (χ2v) is 7.18. The van der Waals surface area contributed by atoms with Crippen molar-refractivity contribution in [3.05, 3.63) is 59.0 Å². The summed E-state index contributed by atoms with van der Waals surface area (Å²) in [5.74, 6) is 2.55. The lowest BCUT2D eigenvalue weighted by Crippen LogP contribution is -2.38. The number of nitrogens with one attached hydrogen (secondary N) is 2. The third-order valence-corrected chi connectivity index (χ3v) is 4.87. The van der Waals surface area contributed by atoms with Gasteiger partial charge in [-0.25, -0.2) is 0 Å². The van der Waals surface area contributed by atoms with Gasteiger partial charge in [-0.05, 0) is 49.9 Å². The minimum Gasteiger partial charge on any atom is -0.464 e. The molecule has 1 unspecified atom stereocenters. The lowest BCUT2D eigenvalue weighted by molar-refractivity contribution is -0.0390. The molecular formula is C22H31N3O3. The van der Waals surface area contributed by atoms with Gasteiger partial charge in [-0.3, -0.25) is 4.99 Å². The molecule has 1 aliphatic rings. The predicted molar refractivity (Wildman–Crippen MR) is 110 cm³/mol. The Kier molecular flexibility index (Phi) is 7.51. The van der Waals surface area contributed by atoms with Crippen molar-refractivity contribution in [1.29, 1.82) is 0 Å². The molecule has 152 valence electrons.